The fourth-order valence-electron chi connectivity index (χ4n) is 1.41. The summed E-state index contributed by atoms with van der Waals surface area (Å²) < 4.78 is 20.4. The summed E-state index contributed by atoms with van der Waals surface area (Å²) in [5.74, 6) is 0.0680. The minimum absolute atomic E-state index is 0.0692. The van der Waals surface area contributed by atoms with Crippen LogP contribution in [-0.4, -0.2) is 15.8 Å². The highest BCUT2D eigenvalue weighted by atomic mass is 35.5. The molecule has 0 aliphatic rings. The van der Waals surface area contributed by atoms with E-state index in [1.165, 1.54) is 18.3 Å². The van der Waals surface area contributed by atoms with Crippen molar-refractivity contribution in [3.63, 3.8) is 0 Å². The second-order valence-corrected chi connectivity index (χ2v) is 4.04. The van der Waals surface area contributed by atoms with E-state index in [1.807, 2.05) is 0 Å². The average Bonchev–Trinajstić information content (AvgIpc) is 2.68. The summed E-state index contributed by atoms with van der Waals surface area (Å²) in [5, 5.41) is 0.477. The van der Waals surface area contributed by atoms with Gasteiger partial charge in [0.1, 0.15) is 23.9 Å². The summed E-state index contributed by atoms with van der Waals surface area (Å²) in [7, 11) is 1.74. The van der Waals surface area contributed by atoms with Gasteiger partial charge in [-0.1, -0.05) is 11.6 Å². The van der Waals surface area contributed by atoms with Crippen LogP contribution in [0.5, 0.6) is 5.75 Å². The Labute approximate surface area is 108 Å². The Hall–Kier alpha value is -1.88. The van der Waals surface area contributed by atoms with Crippen LogP contribution in [0.3, 0.4) is 0 Å². The third-order valence-corrected chi connectivity index (χ3v) is 2.83. The molecule has 94 valence electrons. The molecule has 2 aromatic rings. The van der Waals surface area contributed by atoms with Crippen molar-refractivity contribution in [2.45, 2.75) is 6.61 Å². The fraction of sp³-hybridized carbons (Fsp3) is 0.167. The van der Waals surface area contributed by atoms with E-state index < -0.39 is 5.82 Å². The fourth-order valence-corrected chi connectivity index (χ4v) is 1.55. The van der Waals surface area contributed by atoms with Gasteiger partial charge in [-0.05, 0) is 18.2 Å². The maximum absolute atomic E-state index is 13.5. The molecule has 6 heteroatoms. The molecule has 0 N–H and O–H groups in total. The SMILES string of the molecule is Cn1c(Cl)cnc1COc1ccc(C=O)cc1F. The van der Waals surface area contributed by atoms with Gasteiger partial charge in [-0.15, -0.1) is 0 Å². The van der Waals surface area contributed by atoms with Crippen LogP contribution in [0, 0.1) is 5.82 Å². The first-order valence-corrected chi connectivity index (χ1v) is 5.53. The molecule has 2 rings (SSSR count). The lowest BCUT2D eigenvalue weighted by molar-refractivity contribution is 0.112. The molecule has 0 atom stereocenters. The van der Waals surface area contributed by atoms with Gasteiger partial charge in [0.25, 0.3) is 0 Å². The number of imidazole rings is 1. The minimum Gasteiger partial charge on any atom is -0.483 e. The van der Waals surface area contributed by atoms with Gasteiger partial charge in [0.2, 0.25) is 0 Å². The van der Waals surface area contributed by atoms with Crippen LogP contribution >= 0.6 is 11.6 Å². The summed E-state index contributed by atoms with van der Waals surface area (Å²) in [5.41, 5.74) is 0.264. The Kier molecular flexibility index (Phi) is 3.62. The number of hydrogen-bond acceptors (Lipinski definition) is 3. The van der Waals surface area contributed by atoms with E-state index in [9.17, 15) is 9.18 Å². The smallest absolute Gasteiger partial charge is 0.165 e. The Morgan fingerprint density at radius 3 is 2.89 bits per heavy atom. The number of carbonyl (C=O) groups excluding carboxylic acids is 1. The number of benzene rings is 1. The van der Waals surface area contributed by atoms with Crippen LogP contribution in [0.25, 0.3) is 0 Å². The van der Waals surface area contributed by atoms with Crippen LogP contribution in [-0.2, 0) is 13.7 Å². The van der Waals surface area contributed by atoms with Crippen LogP contribution in [0.1, 0.15) is 16.2 Å². The maximum Gasteiger partial charge on any atom is 0.165 e. The largest absolute Gasteiger partial charge is 0.483 e. The molecular formula is C12H10ClFN2O2. The highest BCUT2D eigenvalue weighted by Gasteiger charge is 2.08. The molecule has 0 aliphatic heterocycles. The zero-order chi connectivity index (χ0) is 13.1. The van der Waals surface area contributed by atoms with E-state index in [1.54, 1.807) is 11.6 Å². The van der Waals surface area contributed by atoms with Gasteiger partial charge < -0.3 is 9.30 Å². The van der Waals surface area contributed by atoms with E-state index in [0.29, 0.717) is 17.3 Å². The van der Waals surface area contributed by atoms with Gasteiger partial charge in [0.05, 0.1) is 6.20 Å². The summed E-state index contributed by atoms with van der Waals surface area (Å²) in [6.45, 7) is 0.0978. The summed E-state index contributed by atoms with van der Waals surface area (Å²) in [4.78, 5) is 14.5. The Morgan fingerprint density at radius 2 is 2.33 bits per heavy atom. The first-order chi connectivity index (χ1) is 8.61. The predicted octanol–water partition coefficient (Wildman–Crippen LogP) is 2.60. The van der Waals surface area contributed by atoms with E-state index >= 15 is 0 Å². The van der Waals surface area contributed by atoms with Crippen molar-refractivity contribution in [3.05, 3.63) is 46.8 Å². The standard InChI is InChI=1S/C12H10ClFN2O2/c1-16-11(13)5-15-12(16)7-18-10-3-2-8(6-17)4-9(10)14/h2-6H,7H2,1H3. The van der Waals surface area contributed by atoms with Crippen LogP contribution in [0.4, 0.5) is 4.39 Å². The molecule has 0 radical (unpaired) electrons. The van der Waals surface area contributed by atoms with Crippen LogP contribution < -0.4 is 4.74 Å². The molecule has 0 spiro atoms. The summed E-state index contributed by atoms with van der Waals surface area (Å²) in [6, 6.07) is 4.01. The van der Waals surface area contributed by atoms with Gasteiger partial charge in [-0.3, -0.25) is 4.79 Å². The quantitative estimate of drug-likeness (QED) is 0.801. The van der Waals surface area contributed by atoms with Gasteiger partial charge in [-0.25, -0.2) is 9.37 Å². The van der Waals surface area contributed by atoms with Crippen molar-refractivity contribution < 1.29 is 13.9 Å². The third kappa shape index (κ3) is 2.51. The Bertz CT molecular complexity index is 583. The maximum atomic E-state index is 13.5. The second kappa shape index (κ2) is 5.18. The molecule has 0 saturated heterocycles. The lowest BCUT2D eigenvalue weighted by Crippen LogP contribution is -2.04. The molecular weight excluding hydrogens is 259 g/mol. The summed E-state index contributed by atoms with van der Waals surface area (Å²) >= 11 is 5.81. The third-order valence-electron chi connectivity index (χ3n) is 2.48. The molecule has 0 unspecified atom stereocenters. The van der Waals surface area contributed by atoms with Crippen LogP contribution in [0.2, 0.25) is 5.15 Å². The molecule has 0 aliphatic carbocycles. The monoisotopic (exact) mass is 268 g/mol. The number of ether oxygens (including phenoxy) is 1. The number of rotatable bonds is 4. The molecule has 4 nitrogen and oxygen atoms in total. The minimum atomic E-state index is -0.583. The second-order valence-electron chi connectivity index (χ2n) is 3.65. The van der Waals surface area contributed by atoms with E-state index in [-0.39, 0.29) is 17.9 Å². The number of aldehydes is 1. The highest BCUT2D eigenvalue weighted by molar-refractivity contribution is 6.29. The van der Waals surface area contributed by atoms with Crippen molar-refractivity contribution in [1.29, 1.82) is 0 Å². The van der Waals surface area contributed by atoms with Gasteiger partial charge in [-0.2, -0.15) is 0 Å². The first kappa shape index (κ1) is 12.6. The molecule has 1 aromatic carbocycles. The topological polar surface area (TPSA) is 44.1 Å². The van der Waals surface area contributed by atoms with Crippen molar-refractivity contribution in [3.8, 4) is 5.75 Å². The summed E-state index contributed by atoms with van der Waals surface area (Å²) in [6.07, 6.45) is 2.07. The molecule has 1 aromatic heterocycles. The first-order valence-electron chi connectivity index (χ1n) is 5.15. The number of nitrogens with zero attached hydrogens (tertiary/aromatic N) is 2. The van der Waals surface area contributed by atoms with Crippen molar-refractivity contribution in [1.82, 2.24) is 9.55 Å². The average molecular weight is 269 g/mol. The molecule has 0 amide bonds. The highest BCUT2D eigenvalue weighted by Crippen LogP contribution is 2.19. The van der Waals surface area contributed by atoms with E-state index in [0.717, 1.165) is 6.07 Å². The number of halogens is 2. The molecule has 18 heavy (non-hydrogen) atoms. The Morgan fingerprint density at radius 1 is 1.56 bits per heavy atom. The number of carbonyl (C=O) groups is 1. The predicted molar refractivity (Wildman–Crippen MR) is 64.3 cm³/mol. The van der Waals surface area contributed by atoms with Crippen molar-refractivity contribution in [2.24, 2.45) is 7.05 Å². The number of hydrogen-bond donors (Lipinski definition) is 0. The molecule has 0 bridgehead atoms. The Balaban J connectivity index is 2.11. The van der Waals surface area contributed by atoms with Gasteiger partial charge in [0.15, 0.2) is 11.6 Å². The normalized spacial score (nSPS) is 10.4. The van der Waals surface area contributed by atoms with Crippen molar-refractivity contribution >= 4 is 17.9 Å². The van der Waals surface area contributed by atoms with E-state index in [2.05, 4.69) is 4.98 Å². The van der Waals surface area contributed by atoms with Gasteiger partial charge in [0, 0.05) is 12.6 Å². The lowest BCUT2D eigenvalue weighted by atomic mass is 10.2. The molecule has 0 saturated carbocycles. The number of aromatic nitrogens is 2. The van der Waals surface area contributed by atoms with Crippen molar-refractivity contribution in [2.75, 3.05) is 0 Å². The van der Waals surface area contributed by atoms with Gasteiger partial charge >= 0.3 is 0 Å². The molecule has 0 fully saturated rings. The zero-order valence-corrected chi connectivity index (χ0v) is 10.3. The lowest BCUT2D eigenvalue weighted by Gasteiger charge is -2.07. The van der Waals surface area contributed by atoms with E-state index in [4.69, 9.17) is 16.3 Å². The zero-order valence-electron chi connectivity index (χ0n) is 9.56. The van der Waals surface area contributed by atoms with Crippen LogP contribution in [0.15, 0.2) is 24.4 Å². The molecule has 1 heterocycles.